The number of aryl methyl sites for hydroxylation is 1. The van der Waals surface area contributed by atoms with Gasteiger partial charge in [0.2, 0.25) is 0 Å². The van der Waals surface area contributed by atoms with Crippen LogP contribution in [0.1, 0.15) is 18.7 Å². The van der Waals surface area contributed by atoms with Gasteiger partial charge in [0, 0.05) is 45.1 Å². The highest BCUT2D eigenvalue weighted by molar-refractivity contribution is 5.87. The highest BCUT2D eigenvalue weighted by atomic mass is 15.2. The van der Waals surface area contributed by atoms with E-state index in [1.54, 1.807) is 6.33 Å². The van der Waals surface area contributed by atoms with Crippen LogP contribution in [0.2, 0.25) is 0 Å². The summed E-state index contributed by atoms with van der Waals surface area (Å²) >= 11 is 0. The van der Waals surface area contributed by atoms with E-state index in [1.807, 2.05) is 18.6 Å². The van der Waals surface area contributed by atoms with Crippen molar-refractivity contribution < 1.29 is 0 Å². The van der Waals surface area contributed by atoms with Gasteiger partial charge >= 0.3 is 0 Å². The number of nitrogens with one attached hydrogen (secondary N) is 1. The zero-order chi connectivity index (χ0) is 14.9. The average Bonchev–Trinajstić information content (AvgIpc) is 3.17. The molecule has 0 radical (unpaired) electrons. The summed E-state index contributed by atoms with van der Waals surface area (Å²) < 4.78 is 2.12. The van der Waals surface area contributed by atoms with Gasteiger partial charge in [0.25, 0.3) is 0 Å². The van der Waals surface area contributed by atoms with Gasteiger partial charge in [-0.25, -0.2) is 15.0 Å². The Balaban J connectivity index is 1.56. The summed E-state index contributed by atoms with van der Waals surface area (Å²) in [5, 5.41) is 1.11. The van der Waals surface area contributed by atoms with Gasteiger partial charge in [0.05, 0.1) is 5.39 Å². The van der Waals surface area contributed by atoms with E-state index in [4.69, 9.17) is 0 Å². The van der Waals surface area contributed by atoms with Crippen molar-refractivity contribution in [3.8, 4) is 0 Å². The Labute approximate surface area is 129 Å². The van der Waals surface area contributed by atoms with E-state index in [0.717, 1.165) is 36.4 Å². The van der Waals surface area contributed by atoms with Crippen LogP contribution in [-0.2, 0) is 13.5 Å². The summed E-state index contributed by atoms with van der Waals surface area (Å²) in [5.74, 6) is 2.84. The second-order valence-corrected chi connectivity index (χ2v) is 6.05. The van der Waals surface area contributed by atoms with Crippen LogP contribution >= 0.6 is 0 Å². The molecule has 0 bridgehead atoms. The topological polar surface area (TPSA) is 62.6 Å². The third-order valence-electron chi connectivity index (χ3n) is 4.54. The molecule has 0 amide bonds. The van der Waals surface area contributed by atoms with Gasteiger partial charge in [-0.2, -0.15) is 0 Å². The van der Waals surface area contributed by atoms with Gasteiger partial charge in [-0.3, -0.25) is 0 Å². The fourth-order valence-corrected chi connectivity index (χ4v) is 3.39. The molecule has 3 aromatic heterocycles. The summed E-state index contributed by atoms with van der Waals surface area (Å²) in [6.07, 6.45) is 11.0. The largest absolute Gasteiger partial charge is 0.356 e. The van der Waals surface area contributed by atoms with Crippen LogP contribution < -0.4 is 4.90 Å². The first kappa shape index (κ1) is 13.3. The zero-order valence-electron chi connectivity index (χ0n) is 12.7. The van der Waals surface area contributed by atoms with Gasteiger partial charge in [0.1, 0.15) is 23.6 Å². The number of aromatic amines is 1. The molecule has 1 fully saturated rings. The predicted octanol–water partition coefficient (Wildman–Crippen LogP) is 2.15. The predicted molar refractivity (Wildman–Crippen MR) is 85.7 cm³/mol. The SMILES string of the molecule is Cn1ccnc1CC1CCCN(c2ncnc3[nH]ccc23)C1. The van der Waals surface area contributed by atoms with E-state index in [2.05, 4.69) is 42.5 Å². The van der Waals surface area contributed by atoms with Gasteiger partial charge < -0.3 is 14.5 Å². The molecule has 0 aromatic carbocycles. The minimum Gasteiger partial charge on any atom is -0.356 e. The normalized spacial score (nSPS) is 19.0. The van der Waals surface area contributed by atoms with E-state index in [9.17, 15) is 0 Å². The second kappa shape index (κ2) is 5.44. The molecule has 3 aromatic rings. The van der Waals surface area contributed by atoms with E-state index in [-0.39, 0.29) is 0 Å². The molecule has 4 heterocycles. The van der Waals surface area contributed by atoms with Crippen molar-refractivity contribution in [2.24, 2.45) is 13.0 Å². The van der Waals surface area contributed by atoms with Gasteiger partial charge in [-0.15, -0.1) is 0 Å². The maximum atomic E-state index is 4.53. The number of fused-ring (bicyclic) bond motifs is 1. The Morgan fingerprint density at radius 1 is 1.32 bits per heavy atom. The minimum absolute atomic E-state index is 0.624. The van der Waals surface area contributed by atoms with Crippen molar-refractivity contribution in [3.05, 3.63) is 36.8 Å². The van der Waals surface area contributed by atoms with Crippen LogP contribution in [0.5, 0.6) is 0 Å². The molecule has 114 valence electrons. The Bertz CT molecular complexity index is 774. The molecule has 6 heteroatoms. The first-order valence-electron chi connectivity index (χ1n) is 7.80. The third kappa shape index (κ3) is 2.34. The van der Waals surface area contributed by atoms with Crippen molar-refractivity contribution in [2.45, 2.75) is 19.3 Å². The monoisotopic (exact) mass is 296 g/mol. The van der Waals surface area contributed by atoms with E-state index in [0.29, 0.717) is 5.92 Å². The second-order valence-electron chi connectivity index (χ2n) is 6.05. The van der Waals surface area contributed by atoms with Crippen LogP contribution in [0.15, 0.2) is 31.0 Å². The van der Waals surface area contributed by atoms with Crippen LogP contribution in [0.25, 0.3) is 11.0 Å². The van der Waals surface area contributed by atoms with Crippen LogP contribution in [0.4, 0.5) is 5.82 Å². The molecule has 1 unspecified atom stereocenters. The number of hydrogen-bond acceptors (Lipinski definition) is 4. The van der Waals surface area contributed by atoms with Crippen molar-refractivity contribution in [1.29, 1.82) is 0 Å². The Morgan fingerprint density at radius 3 is 3.14 bits per heavy atom. The van der Waals surface area contributed by atoms with E-state index >= 15 is 0 Å². The molecule has 0 saturated carbocycles. The third-order valence-corrected chi connectivity index (χ3v) is 4.54. The number of nitrogens with zero attached hydrogens (tertiary/aromatic N) is 5. The highest BCUT2D eigenvalue weighted by Gasteiger charge is 2.23. The highest BCUT2D eigenvalue weighted by Crippen LogP contribution is 2.28. The maximum Gasteiger partial charge on any atom is 0.142 e. The Morgan fingerprint density at radius 2 is 2.27 bits per heavy atom. The molecule has 22 heavy (non-hydrogen) atoms. The molecule has 1 atom stereocenters. The maximum absolute atomic E-state index is 4.53. The standard InChI is InChI=1S/C16H20N6/c1-21-8-6-17-14(21)9-12-3-2-7-22(10-12)16-13-4-5-18-15(13)19-11-20-16/h4-6,8,11-12H,2-3,7,9-10H2,1H3,(H,18,19,20). The number of rotatable bonds is 3. The van der Waals surface area contributed by atoms with Crippen molar-refractivity contribution in [2.75, 3.05) is 18.0 Å². The Hall–Kier alpha value is -2.37. The number of hydrogen-bond donors (Lipinski definition) is 1. The molecular formula is C16H20N6. The summed E-state index contributed by atoms with van der Waals surface area (Å²) in [5.41, 5.74) is 0.913. The number of anilines is 1. The quantitative estimate of drug-likeness (QED) is 0.804. The molecule has 4 rings (SSSR count). The molecule has 1 N–H and O–H groups in total. The minimum atomic E-state index is 0.624. The van der Waals surface area contributed by atoms with Crippen LogP contribution in [-0.4, -0.2) is 37.6 Å². The van der Waals surface area contributed by atoms with Gasteiger partial charge in [0.15, 0.2) is 0 Å². The zero-order valence-corrected chi connectivity index (χ0v) is 12.7. The van der Waals surface area contributed by atoms with E-state index < -0.39 is 0 Å². The summed E-state index contributed by atoms with van der Waals surface area (Å²) in [4.78, 5) is 18.8. The lowest BCUT2D eigenvalue weighted by Crippen LogP contribution is -2.37. The number of piperidine rings is 1. The lowest BCUT2D eigenvalue weighted by atomic mass is 9.94. The molecule has 1 aliphatic rings. The molecular weight excluding hydrogens is 276 g/mol. The van der Waals surface area contributed by atoms with Gasteiger partial charge in [-0.05, 0) is 24.8 Å². The fraction of sp³-hybridized carbons (Fsp3) is 0.438. The van der Waals surface area contributed by atoms with Crippen molar-refractivity contribution >= 4 is 16.9 Å². The number of aromatic nitrogens is 5. The first-order valence-corrected chi connectivity index (χ1v) is 7.80. The lowest BCUT2D eigenvalue weighted by Gasteiger charge is -2.33. The van der Waals surface area contributed by atoms with Crippen LogP contribution in [0.3, 0.4) is 0 Å². The molecule has 0 aliphatic carbocycles. The summed E-state index contributed by atoms with van der Waals surface area (Å²) in [6.45, 7) is 2.10. The smallest absolute Gasteiger partial charge is 0.142 e. The fourth-order valence-electron chi connectivity index (χ4n) is 3.39. The summed E-state index contributed by atoms with van der Waals surface area (Å²) in [7, 11) is 2.07. The van der Waals surface area contributed by atoms with Crippen LogP contribution in [0, 0.1) is 5.92 Å². The van der Waals surface area contributed by atoms with E-state index in [1.165, 1.54) is 18.7 Å². The Kier molecular flexibility index (Phi) is 3.29. The lowest BCUT2D eigenvalue weighted by molar-refractivity contribution is 0.402. The van der Waals surface area contributed by atoms with Gasteiger partial charge in [-0.1, -0.05) is 0 Å². The molecule has 6 nitrogen and oxygen atoms in total. The first-order chi connectivity index (χ1) is 10.8. The van der Waals surface area contributed by atoms with Crippen molar-refractivity contribution in [1.82, 2.24) is 24.5 Å². The number of imidazole rings is 1. The average molecular weight is 296 g/mol. The summed E-state index contributed by atoms with van der Waals surface area (Å²) in [6, 6.07) is 2.06. The molecule has 1 aliphatic heterocycles. The number of H-pyrrole nitrogens is 1. The molecule has 0 spiro atoms. The molecule has 1 saturated heterocycles. The van der Waals surface area contributed by atoms with Crippen molar-refractivity contribution in [3.63, 3.8) is 0 Å².